The first-order chi connectivity index (χ1) is 9.74. The zero-order valence-electron chi connectivity index (χ0n) is 12.2. The first-order valence-electron chi connectivity index (χ1n) is 6.96. The molecule has 6 heteroatoms. The van der Waals surface area contributed by atoms with Crippen molar-refractivity contribution in [1.29, 1.82) is 0 Å². The van der Waals surface area contributed by atoms with Crippen LogP contribution in [0, 0.1) is 0 Å². The van der Waals surface area contributed by atoms with Crippen LogP contribution in [0.15, 0.2) is 24.3 Å². The molecule has 1 amide bonds. The van der Waals surface area contributed by atoms with E-state index in [0.29, 0.717) is 12.8 Å². The van der Waals surface area contributed by atoms with Crippen LogP contribution in [0.1, 0.15) is 37.8 Å². The molecule has 0 bridgehead atoms. The lowest BCUT2D eigenvalue weighted by Gasteiger charge is -2.17. The van der Waals surface area contributed by atoms with Crippen molar-refractivity contribution < 1.29 is 18.0 Å². The molecule has 0 aromatic heterocycles. The highest BCUT2D eigenvalue weighted by molar-refractivity contribution is 5.81. The van der Waals surface area contributed by atoms with Crippen LogP contribution in [0.3, 0.4) is 0 Å². The van der Waals surface area contributed by atoms with Crippen molar-refractivity contribution in [2.75, 3.05) is 0 Å². The minimum absolute atomic E-state index is 0.183. The van der Waals surface area contributed by atoms with Crippen molar-refractivity contribution in [3.63, 3.8) is 0 Å². The van der Waals surface area contributed by atoms with Gasteiger partial charge in [-0.3, -0.25) is 4.79 Å². The lowest BCUT2D eigenvalue weighted by atomic mass is 10.0. The summed E-state index contributed by atoms with van der Waals surface area (Å²) in [6.45, 7) is 3.74. The standard InChI is InChI=1S/C15H21F3N2O/c1-3-4-13(19)14(21)20-10(2)9-11-5-7-12(8-6-11)15(16,17)18/h5-8,10,13H,3-4,9,19H2,1-2H3,(H,20,21)/t10-,13-/m1/s1. The molecular weight excluding hydrogens is 281 g/mol. The van der Waals surface area contributed by atoms with Gasteiger partial charge in [0.2, 0.25) is 5.91 Å². The number of rotatable bonds is 6. The van der Waals surface area contributed by atoms with Crippen LogP contribution in [-0.4, -0.2) is 18.0 Å². The van der Waals surface area contributed by atoms with E-state index in [9.17, 15) is 18.0 Å². The van der Waals surface area contributed by atoms with Gasteiger partial charge in [-0.1, -0.05) is 25.5 Å². The Morgan fingerprint density at radius 1 is 1.29 bits per heavy atom. The molecule has 0 aliphatic heterocycles. The zero-order chi connectivity index (χ0) is 16.0. The molecule has 21 heavy (non-hydrogen) atoms. The largest absolute Gasteiger partial charge is 0.416 e. The van der Waals surface area contributed by atoms with Crippen LogP contribution in [0.4, 0.5) is 13.2 Å². The van der Waals surface area contributed by atoms with E-state index < -0.39 is 17.8 Å². The fourth-order valence-corrected chi connectivity index (χ4v) is 2.03. The Hall–Kier alpha value is -1.56. The van der Waals surface area contributed by atoms with Crippen molar-refractivity contribution in [1.82, 2.24) is 5.32 Å². The second kappa shape index (κ2) is 7.45. The molecule has 0 spiro atoms. The van der Waals surface area contributed by atoms with Gasteiger partial charge in [0.15, 0.2) is 0 Å². The minimum atomic E-state index is -4.33. The smallest absolute Gasteiger partial charge is 0.352 e. The second-order valence-electron chi connectivity index (χ2n) is 5.20. The summed E-state index contributed by atoms with van der Waals surface area (Å²) in [7, 11) is 0. The number of hydrogen-bond acceptors (Lipinski definition) is 2. The number of nitrogens with two attached hydrogens (primary N) is 1. The highest BCUT2D eigenvalue weighted by atomic mass is 19.4. The van der Waals surface area contributed by atoms with Gasteiger partial charge in [-0.05, 0) is 37.5 Å². The molecule has 1 aromatic carbocycles. The number of halogens is 3. The van der Waals surface area contributed by atoms with Crippen LogP contribution in [0.5, 0.6) is 0 Å². The molecule has 1 rings (SSSR count). The Labute approximate surface area is 122 Å². The van der Waals surface area contributed by atoms with Crippen molar-refractivity contribution in [3.8, 4) is 0 Å². The summed E-state index contributed by atoms with van der Waals surface area (Å²) in [6, 6.07) is 4.23. The van der Waals surface area contributed by atoms with E-state index in [2.05, 4.69) is 5.32 Å². The van der Waals surface area contributed by atoms with E-state index in [1.807, 2.05) is 6.92 Å². The number of amides is 1. The van der Waals surface area contributed by atoms with Gasteiger partial charge < -0.3 is 11.1 Å². The molecule has 3 nitrogen and oxygen atoms in total. The highest BCUT2D eigenvalue weighted by Gasteiger charge is 2.29. The summed E-state index contributed by atoms with van der Waals surface area (Å²) in [5, 5.41) is 2.77. The number of benzene rings is 1. The van der Waals surface area contributed by atoms with Gasteiger partial charge in [0.05, 0.1) is 11.6 Å². The maximum Gasteiger partial charge on any atom is 0.416 e. The summed E-state index contributed by atoms with van der Waals surface area (Å²) in [5.74, 6) is -0.226. The van der Waals surface area contributed by atoms with E-state index in [-0.39, 0.29) is 11.9 Å². The van der Waals surface area contributed by atoms with Gasteiger partial charge in [0.25, 0.3) is 0 Å². The van der Waals surface area contributed by atoms with Crippen molar-refractivity contribution in [3.05, 3.63) is 35.4 Å². The first kappa shape index (κ1) is 17.5. The molecule has 3 N–H and O–H groups in total. The maximum atomic E-state index is 12.4. The van der Waals surface area contributed by atoms with Crippen LogP contribution in [0.25, 0.3) is 0 Å². The summed E-state index contributed by atoms with van der Waals surface area (Å²) in [4.78, 5) is 11.7. The van der Waals surface area contributed by atoms with Gasteiger partial charge in [0, 0.05) is 6.04 Å². The van der Waals surface area contributed by atoms with Gasteiger partial charge >= 0.3 is 6.18 Å². The molecule has 0 aliphatic carbocycles. The molecule has 1 aromatic rings. The molecule has 0 saturated heterocycles. The fourth-order valence-electron chi connectivity index (χ4n) is 2.03. The van der Waals surface area contributed by atoms with Crippen LogP contribution in [0.2, 0.25) is 0 Å². The molecule has 0 radical (unpaired) electrons. The molecule has 0 aliphatic rings. The maximum absolute atomic E-state index is 12.4. The number of alkyl halides is 3. The van der Waals surface area contributed by atoms with Gasteiger partial charge in [-0.15, -0.1) is 0 Å². The highest BCUT2D eigenvalue weighted by Crippen LogP contribution is 2.29. The number of nitrogens with one attached hydrogen (secondary N) is 1. The minimum Gasteiger partial charge on any atom is -0.352 e. The SMILES string of the molecule is CCC[C@@H](N)C(=O)N[C@H](C)Cc1ccc(C(F)(F)F)cc1. The average Bonchev–Trinajstić information content (AvgIpc) is 2.38. The second-order valence-corrected chi connectivity index (χ2v) is 5.20. The normalized spacial score (nSPS) is 14.6. The van der Waals surface area contributed by atoms with E-state index >= 15 is 0 Å². The van der Waals surface area contributed by atoms with Crippen molar-refractivity contribution in [2.45, 2.75) is 51.4 Å². The average molecular weight is 302 g/mol. The molecule has 118 valence electrons. The van der Waals surface area contributed by atoms with Crippen LogP contribution in [-0.2, 0) is 17.4 Å². The molecule has 0 heterocycles. The summed E-state index contributed by atoms with van der Waals surface area (Å²) in [6.07, 6.45) is -2.44. The van der Waals surface area contributed by atoms with Gasteiger partial charge in [-0.2, -0.15) is 13.2 Å². The Balaban J connectivity index is 2.55. The predicted molar refractivity (Wildman–Crippen MR) is 75.6 cm³/mol. The monoisotopic (exact) mass is 302 g/mol. The van der Waals surface area contributed by atoms with Crippen molar-refractivity contribution in [2.24, 2.45) is 5.73 Å². The third-order valence-electron chi connectivity index (χ3n) is 3.15. The third kappa shape index (κ3) is 5.75. The van der Waals surface area contributed by atoms with E-state index in [4.69, 9.17) is 5.73 Å². The quantitative estimate of drug-likeness (QED) is 0.849. The van der Waals surface area contributed by atoms with Crippen LogP contribution >= 0.6 is 0 Å². The molecule has 0 unspecified atom stereocenters. The van der Waals surface area contributed by atoms with E-state index in [1.165, 1.54) is 12.1 Å². The molecule has 0 saturated carbocycles. The van der Waals surface area contributed by atoms with E-state index in [0.717, 1.165) is 24.1 Å². The molecule has 2 atom stereocenters. The number of carbonyl (C=O) groups is 1. The van der Waals surface area contributed by atoms with E-state index in [1.54, 1.807) is 6.92 Å². The Morgan fingerprint density at radius 3 is 2.33 bits per heavy atom. The van der Waals surface area contributed by atoms with Crippen molar-refractivity contribution >= 4 is 5.91 Å². The Morgan fingerprint density at radius 2 is 1.86 bits per heavy atom. The van der Waals surface area contributed by atoms with Crippen LogP contribution < -0.4 is 11.1 Å². The topological polar surface area (TPSA) is 55.1 Å². The Kier molecular flexibility index (Phi) is 6.20. The lowest BCUT2D eigenvalue weighted by Crippen LogP contribution is -2.45. The first-order valence-corrected chi connectivity index (χ1v) is 6.96. The zero-order valence-corrected chi connectivity index (χ0v) is 12.2. The lowest BCUT2D eigenvalue weighted by molar-refractivity contribution is -0.137. The van der Waals surface area contributed by atoms with Gasteiger partial charge in [-0.25, -0.2) is 0 Å². The summed E-state index contributed by atoms with van der Waals surface area (Å²) < 4.78 is 37.3. The fraction of sp³-hybridized carbons (Fsp3) is 0.533. The number of hydrogen-bond donors (Lipinski definition) is 2. The number of carbonyl (C=O) groups excluding carboxylic acids is 1. The predicted octanol–water partition coefficient (Wildman–Crippen LogP) is 2.88. The summed E-state index contributed by atoms with van der Waals surface area (Å²) >= 11 is 0. The molecular formula is C15H21F3N2O. The Bertz CT molecular complexity index is 457. The molecule has 0 fully saturated rings. The third-order valence-corrected chi connectivity index (χ3v) is 3.15. The summed E-state index contributed by atoms with van der Waals surface area (Å²) in [5.41, 5.74) is 5.76. The van der Waals surface area contributed by atoms with Gasteiger partial charge in [0.1, 0.15) is 0 Å².